The summed E-state index contributed by atoms with van der Waals surface area (Å²) in [5, 5.41) is 9.52. The minimum atomic E-state index is -3.79. The fourth-order valence-electron chi connectivity index (χ4n) is 1.40. The standard InChI is InChI=1S/C12H18FNO3S/c1-8-7-10(13)5-6-11(8)18(16,17)14-12(3,4)9(2)15/h5-7,9,14-15H,1-4H3. The highest BCUT2D eigenvalue weighted by atomic mass is 32.2. The minimum absolute atomic E-state index is 0.0117. The first kappa shape index (κ1) is 15.1. The van der Waals surface area contributed by atoms with E-state index in [1.807, 2.05) is 0 Å². The van der Waals surface area contributed by atoms with Gasteiger partial charge in [-0.15, -0.1) is 0 Å². The first-order valence-corrected chi connectivity index (χ1v) is 7.03. The van der Waals surface area contributed by atoms with Gasteiger partial charge in [0.2, 0.25) is 10.0 Å². The average molecular weight is 275 g/mol. The smallest absolute Gasteiger partial charge is 0.241 e. The monoisotopic (exact) mass is 275 g/mol. The summed E-state index contributed by atoms with van der Waals surface area (Å²) < 4.78 is 39.6. The van der Waals surface area contributed by atoms with Crippen LogP contribution >= 0.6 is 0 Å². The van der Waals surface area contributed by atoms with Gasteiger partial charge in [-0.1, -0.05) is 0 Å². The van der Waals surface area contributed by atoms with E-state index in [-0.39, 0.29) is 4.90 Å². The van der Waals surface area contributed by atoms with Crippen molar-refractivity contribution in [2.75, 3.05) is 0 Å². The fraction of sp³-hybridized carbons (Fsp3) is 0.500. The van der Waals surface area contributed by atoms with Crippen molar-refractivity contribution in [2.45, 2.75) is 44.2 Å². The van der Waals surface area contributed by atoms with Crippen molar-refractivity contribution in [1.29, 1.82) is 0 Å². The van der Waals surface area contributed by atoms with Crippen molar-refractivity contribution < 1.29 is 17.9 Å². The van der Waals surface area contributed by atoms with Gasteiger partial charge in [0.25, 0.3) is 0 Å². The van der Waals surface area contributed by atoms with Crippen LogP contribution in [-0.4, -0.2) is 25.2 Å². The van der Waals surface area contributed by atoms with Crippen LogP contribution in [0.4, 0.5) is 4.39 Å². The second-order valence-corrected chi connectivity index (χ2v) is 6.56. The maximum atomic E-state index is 12.9. The number of aryl methyl sites for hydroxylation is 1. The maximum absolute atomic E-state index is 12.9. The van der Waals surface area contributed by atoms with E-state index >= 15 is 0 Å². The molecule has 1 aromatic rings. The molecule has 0 aliphatic rings. The summed E-state index contributed by atoms with van der Waals surface area (Å²) in [6.07, 6.45) is -0.854. The van der Waals surface area contributed by atoms with Gasteiger partial charge in [-0.25, -0.2) is 17.5 Å². The number of halogens is 1. The van der Waals surface area contributed by atoms with Crippen molar-refractivity contribution >= 4 is 10.0 Å². The molecule has 0 heterocycles. The van der Waals surface area contributed by atoms with Crippen molar-refractivity contribution in [3.63, 3.8) is 0 Å². The molecule has 0 saturated heterocycles. The predicted molar refractivity (Wildman–Crippen MR) is 67.2 cm³/mol. The molecule has 0 saturated carbocycles. The van der Waals surface area contributed by atoms with Gasteiger partial charge in [0, 0.05) is 0 Å². The molecule has 102 valence electrons. The summed E-state index contributed by atoms with van der Waals surface area (Å²) in [4.78, 5) is 0.0117. The lowest BCUT2D eigenvalue weighted by molar-refractivity contribution is 0.111. The zero-order valence-corrected chi connectivity index (χ0v) is 11.7. The Morgan fingerprint density at radius 2 is 1.94 bits per heavy atom. The van der Waals surface area contributed by atoms with E-state index in [9.17, 15) is 17.9 Å². The summed E-state index contributed by atoms with van der Waals surface area (Å²) in [5.41, 5.74) is -0.677. The highest BCUT2D eigenvalue weighted by Gasteiger charge is 2.31. The summed E-state index contributed by atoms with van der Waals surface area (Å²) in [7, 11) is -3.79. The van der Waals surface area contributed by atoms with Gasteiger partial charge < -0.3 is 5.11 Å². The third kappa shape index (κ3) is 3.28. The Labute approximate surface area is 107 Å². The molecule has 0 fully saturated rings. The van der Waals surface area contributed by atoms with Gasteiger partial charge in [0.1, 0.15) is 5.82 Å². The van der Waals surface area contributed by atoms with Crippen molar-refractivity contribution in [2.24, 2.45) is 0 Å². The van der Waals surface area contributed by atoms with E-state index < -0.39 is 27.5 Å². The highest BCUT2D eigenvalue weighted by Crippen LogP contribution is 2.19. The van der Waals surface area contributed by atoms with Crippen molar-refractivity contribution in [3.05, 3.63) is 29.6 Å². The molecule has 1 atom stereocenters. The van der Waals surface area contributed by atoms with Gasteiger partial charge >= 0.3 is 0 Å². The summed E-state index contributed by atoms with van der Waals surface area (Å²) in [6.45, 7) is 6.18. The zero-order chi connectivity index (χ0) is 14.1. The zero-order valence-electron chi connectivity index (χ0n) is 10.9. The minimum Gasteiger partial charge on any atom is -0.391 e. The topological polar surface area (TPSA) is 66.4 Å². The molecule has 1 unspecified atom stereocenters. The van der Waals surface area contributed by atoms with Crippen LogP contribution < -0.4 is 4.72 Å². The maximum Gasteiger partial charge on any atom is 0.241 e. The van der Waals surface area contributed by atoms with Gasteiger partial charge in [0.15, 0.2) is 0 Å². The first-order chi connectivity index (χ1) is 8.06. The molecule has 0 radical (unpaired) electrons. The van der Waals surface area contributed by atoms with E-state index in [4.69, 9.17) is 0 Å². The molecule has 1 aromatic carbocycles. The van der Waals surface area contributed by atoms with E-state index in [0.29, 0.717) is 5.56 Å². The third-order valence-electron chi connectivity index (χ3n) is 2.87. The van der Waals surface area contributed by atoms with Crippen LogP contribution in [0.5, 0.6) is 0 Å². The fourth-order valence-corrected chi connectivity index (χ4v) is 3.10. The second-order valence-electron chi connectivity index (χ2n) is 4.91. The van der Waals surface area contributed by atoms with Gasteiger partial charge in [-0.3, -0.25) is 0 Å². The van der Waals surface area contributed by atoms with Crippen LogP contribution in [0.3, 0.4) is 0 Å². The van der Waals surface area contributed by atoms with Crippen LogP contribution in [0, 0.1) is 12.7 Å². The Kier molecular flexibility index (Phi) is 4.15. The average Bonchev–Trinajstić information content (AvgIpc) is 2.14. The quantitative estimate of drug-likeness (QED) is 0.876. The number of aliphatic hydroxyl groups excluding tert-OH is 1. The van der Waals surface area contributed by atoms with E-state index in [2.05, 4.69) is 4.72 Å². The van der Waals surface area contributed by atoms with Crippen LogP contribution in [0.1, 0.15) is 26.3 Å². The van der Waals surface area contributed by atoms with Crippen LogP contribution in [0.2, 0.25) is 0 Å². The van der Waals surface area contributed by atoms with Gasteiger partial charge in [-0.05, 0) is 51.5 Å². The normalized spacial score (nSPS) is 14.6. The highest BCUT2D eigenvalue weighted by molar-refractivity contribution is 7.89. The third-order valence-corrected chi connectivity index (χ3v) is 4.70. The summed E-state index contributed by atoms with van der Waals surface area (Å²) >= 11 is 0. The van der Waals surface area contributed by atoms with Crippen LogP contribution in [-0.2, 0) is 10.0 Å². The Hall–Kier alpha value is -0.980. The van der Waals surface area contributed by atoms with Gasteiger partial charge in [0.05, 0.1) is 16.5 Å². The molecule has 0 spiro atoms. The molecule has 4 nitrogen and oxygen atoms in total. The molecule has 0 bridgehead atoms. The lowest BCUT2D eigenvalue weighted by Crippen LogP contribution is -2.50. The predicted octanol–water partition coefficient (Wildman–Crippen LogP) is 1.57. The number of benzene rings is 1. The Bertz CT molecular complexity index is 538. The lowest BCUT2D eigenvalue weighted by atomic mass is 10.0. The summed E-state index contributed by atoms with van der Waals surface area (Å²) in [6, 6.07) is 3.46. The van der Waals surface area contributed by atoms with Crippen molar-refractivity contribution in [3.8, 4) is 0 Å². The number of sulfonamides is 1. The molecule has 0 aromatic heterocycles. The van der Waals surface area contributed by atoms with E-state index in [0.717, 1.165) is 12.1 Å². The molecule has 1 rings (SSSR count). The number of hydrogen-bond donors (Lipinski definition) is 2. The molecular formula is C12H18FNO3S. The largest absolute Gasteiger partial charge is 0.391 e. The Morgan fingerprint density at radius 1 is 1.39 bits per heavy atom. The number of rotatable bonds is 4. The Balaban J connectivity index is 3.15. The second kappa shape index (κ2) is 4.95. The number of hydrogen-bond acceptors (Lipinski definition) is 3. The summed E-state index contributed by atoms with van der Waals surface area (Å²) in [5.74, 6) is -0.485. The molecular weight excluding hydrogens is 257 g/mol. The number of nitrogens with one attached hydrogen (secondary N) is 1. The molecule has 18 heavy (non-hydrogen) atoms. The SMILES string of the molecule is Cc1cc(F)ccc1S(=O)(=O)NC(C)(C)C(C)O. The molecule has 0 aliphatic carbocycles. The van der Waals surface area contributed by atoms with Crippen LogP contribution in [0.15, 0.2) is 23.1 Å². The molecule has 0 aliphatic heterocycles. The number of aliphatic hydroxyl groups is 1. The van der Waals surface area contributed by atoms with E-state index in [1.54, 1.807) is 13.8 Å². The molecule has 6 heteroatoms. The molecule has 2 N–H and O–H groups in total. The lowest BCUT2D eigenvalue weighted by Gasteiger charge is -2.29. The van der Waals surface area contributed by atoms with Crippen molar-refractivity contribution in [1.82, 2.24) is 4.72 Å². The Morgan fingerprint density at radius 3 is 2.39 bits per heavy atom. The van der Waals surface area contributed by atoms with Gasteiger partial charge in [-0.2, -0.15) is 0 Å². The van der Waals surface area contributed by atoms with Crippen LogP contribution in [0.25, 0.3) is 0 Å². The first-order valence-electron chi connectivity index (χ1n) is 5.54. The van der Waals surface area contributed by atoms with E-state index in [1.165, 1.54) is 19.9 Å². The molecule has 0 amide bonds.